The summed E-state index contributed by atoms with van der Waals surface area (Å²) in [7, 11) is 0. The van der Waals surface area contributed by atoms with Gasteiger partial charge in [0.25, 0.3) is 11.6 Å². The summed E-state index contributed by atoms with van der Waals surface area (Å²) in [5.74, 6) is -2.24. The van der Waals surface area contributed by atoms with Crippen molar-refractivity contribution in [1.29, 1.82) is 0 Å². The molecule has 2 aromatic rings. The van der Waals surface area contributed by atoms with E-state index >= 15 is 0 Å². The van der Waals surface area contributed by atoms with E-state index in [0.717, 1.165) is 11.3 Å². The zero-order valence-corrected chi connectivity index (χ0v) is 19.4. The van der Waals surface area contributed by atoms with E-state index in [0.29, 0.717) is 30.0 Å². The molecule has 2 fully saturated rings. The van der Waals surface area contributed by atoms with E-state index in [2.05, 4.69) is 12.2 Å². The van der Waals surface area contributed by atoms with Gasteiger partial charge in [0.2, 0.25) is 11.8 Å². The number of anilines is 2. The van der Waals surface area contributed by atoms with Crippen molar-refractivity contribution in [2.75, 3.05) is 16.8 Å². The maximum Gasteiger partial charge on any atom is 0.338 e. The molecule has 1 aliphatic carbocycles. The minimum Gasteiger partial charge on any atom is -0.452 e. The Morgan fingerprint density at radius 2 is 1.86 bits per heavy atom. The molecule has 0 bridgehead atoms. The topological polar surface area (TPSA) is 136 Å². The molecule has 1 N–H and O–H groups in total. The lowest BCUT2D eigenvalue weighted by Gasteiger charge is -2.25. The van der Waals surface area contributed by atoms with Gasteiger partial charge in [0.1, 0.15) is 0 Å². The van der Waals surface area contributed by atoms with Gasteiger partial charge in [-0.25, -0.2) is 4.79 Å². The Bertz CT molecular complexity index is 1230. The maximum absolute atomic E-state index is 12.9. The predicted octanol–water partition coefficient (Wildman–Crippen LogP) is 3.62. The number of hydrogen-bond acceptors (Lipinski definition) is 7. The fourth-order valence-corrected chi connectivity index (χ4v) is 4.71. The van der Waals surface area contributed by atoms with E-state index < -0.39 is 23.4 Å². The lowest BCUT2D eigenvalue weighted by atomic mass is 9.76. The first-order valence-electron chi connectivity index (χ1n) is 11.4. The number of ether oxygens (including phenoxy) is 1. The van der Waals surface area contributed by atoms with Gasteiger partial charge < -0.3 is 10.1 Å². The van der Waals surface area contributed by atoms with Crippen molar-refractivity contribution in [3.63, 3.8) is 0 Å². The highest BCUT2D eigenvalue weighted by Gasteiger charge is 2.50. The zero-order chi connectivity index (χ0) is 25.3. The summed E-state index contributed by atoms with van der Waals surface area (Å²) in [4.78, 5) is 62.2. The Hall–Kier alpha value is -4.08. The smallest absolute Gasteiger partial charge is 0.338 e. The number of imide groups is 1. The molecule has 10 nitrogen and oxygen atoms in total. The van der Waals surface area contributed by atoms with Crippen molar-refractivity contribution in [2.24, 2.45) is 17.8 Å². The number of carbonyl (C=O) groups excluding carboxylic acids is 4. The third kappa shape index (κ3) is 4.91. The largest absolute Gasteiger partial charge is 0.452 e. The molecule has 10 heteroatoms. The van der Waals surface area contributed by atoms with Crippen LogP contribution in [0.5, 0.6) is 0 Å². The van der Waals surface area contributed by atoms with Crippen LogP contribution in [0, 0.1) is 34.8 Å². The first kappa shape index (κ1) is 24.1. The zero-order valence-electron chi connectivity index (χ0n) is 19.4. The van der Waals surface area contributed by atoms with Gasteiger partial charge >= 0.3 is 5.97 Å². The number of nitro groups is 1. The molecular weight excluding hydrogens is 454 g/mol. The summed E-state index contributed by atoms with van der Waals surface area (Å²) >= 11 is 0. The number of nitrogens with one attached hydrogen (secondary N) is 1. The molecule has 182 valence electrons. The Morgan fingerprint density at radius 1 is 1.11 bits per heavy atom. The van der Waals surface area contributed by atoms with Crippen molar-refractivity contribution < 1.29 is 28.8 Å². The van der Waals surface area contributed by atoms with Crippen molar-refractivity contribution in [3.8, 4) is 0 Å². The minimum atomic E-state index is -0.804. The fourth-order valence-electron chi connectivity index (χ4n) is 4.71. The van der Waals surface area contributed by atoms with Crippen LogP contribution in [0.1, 0.15) is 42.1 Å². The summed E-state index contributed by atoms with van der Waals surface area (Å²) < 4.78 is 5.07. The minimum absolute atomic E-state index is 0.0881. The van der Waals surface area contributed by atoms with Crippen LogP contribution in [-0.2, 0) is 19.1 Å². The maximum atomic E-state index is 12.9. The first-order valence-corrected chi connectivity index (χ1v) is 11.4. The molecule has 2 aliphatic rings. The average molecular weight is 479 g/mol. The molecule has 1 saturated heterocycles. The number of fused-ring (bicyclic) bond motifs is 1. The third-order valence-corrected chi connectivity index (χ3v) is 6.55. The lowest BCUT2D eigenvalue weighted by molar-refractivity contribution is -0.385. The first-order chi connectivity index (χ1) is 16.7. The monoisotopic (exact) mass is 479 g/mol. The second kappa shape index (κ2) is 9.65. The van der Waals surface area contributed by atoms with E-state index in [1.807, 2.05) is 0 Å². The summed E-state index contributed by atoms with van der Waals surface area (Å²) in [6.07, 6.45) is 2.25. The molecule has 2 aromatic carbocycles. The van der Waals surface area contributed by atoms with Crippen molar-refractivity contribution >= 4 is 40.8 Å². The number of aryl methyl sites for hydroxylation is 1. The van der Waals surface area contributed by atoms with E-state index in [4.69, 9.17) is 4.74 Å². The van der Waals surface area contributed by atoms with Crippen molar-refractivity contribution in [3.05, 3.63) is 63.7 Å². The van der Waals surface area contributed by atoms with E-state index in [1.54, 1.807) is 19.1 Å². The average Bonchev–Trinajstić information content (AvgIpc) is 3.07. The van der Waals surface area contributed by atoms with Crippen LogP contribution in [0.3, 0.4) is 0 Å². The number of rotatable bonds is 6. The Labute approximate surface area is 201 Å². The SMILES string of the molecule is Cc1ccc(NC(=O)COC(=O)c2cccc(N3C(=O)[C@@H]4CC[C@@H](C)C[C@H]4C3=O)c2)cc1[N+](=O)[O-]. The standard InChI is InChI=1S/C25H25N3O7/c1-14-6-9-19-20(10-14)24(31)27(23(19)30)18-5-3-4-16(11-18)25(32)35-13-22(29)26-17-8-7-15(2)21(12-17)28(33)34/h3-5,7-8,11-12,14,19-20H,6,9-10,13H2,1-2H3,(H,26,29)/t14-,19-,20-/m1/s1. The van der Waals surface area contributed by atoms with E-state index in [9.17, 15) is 29.3 Å². The summed E-state index contributed by atoms with van der Waals surface area (Å²) in [6, 6.07) is 10.2. The van der Waals surface area contributed by atoms with Crippen LogP contribution in [0.4, 0.5) is 17.1 Å². The van der Waals surface area contributed by atoms with Gasteiger partial charge in [-0.05, 0) is 56.4 Å². The van der Waals surface area contributed by atoms with Crippen molar-refractivity contribution in [2.45, 2.75) is 33.1 Å². The molecule has 1 heterocycles. The summed E-state index contributed by atoms with van der Waals surface area (Å²) in [6.45, 7) is 3.04. The number of nitrogens with zero attached hydrogens (tertiary/aromatic N) is 2. The third-order valence-electron chi connectivity index (χ3n) is 6.55. The van der Waals surface area contributed by atoms with Gasteiger partial charge in [-0.15, -0.1) is 0 Å². The molecule has 1 aliphatic heterocycles. The molecule has 1 saturated carbocycles. The Balaban J connectivity index is 1.40. The fraction of sp³-hybridized carbons (Fsp3) is 0.360. The second-order valence-electron chi connectivity index (χ2n) is 9.08. The lowest BCUT2D eigenvalue weighted by Crippen LogP contribution is -2.31. The molecule has 0 aromatic heterocycles. The number of esters is 1. The Morgan fingerprint density at radius 3 is 2.60 bits per heavy atom. The molecule has 35 heavy (non-hydrogen) atoms. The molecule has 0 spiro atoms. The van der Waals surface area contributed by atoms with Crippen molar-refractivity contribution in [1.82, 2.24) is 0 Å². The molecular formula is C25H25N3O7. The van der Waals surface area contributed by atoms with Crippen LogP contribution in [-0.4, -0.2) is 35.2 Å². The van der Waals surface area contributed by atoms with Gasteiger partial charge in [-0.2, -0.15) is 0 Å². The quantitative estimate of drug-likeness (QED) is 0.289. The van der Waals surface area contributed by atoms with Crippen LogP contribution in [0.25, 0.3) is 0 Å². The molecule has 3 amide bonds. The molecule has 4 rings (SSSR count). The molecule has 3 atom stereocenters. The van der Waals surface area contributed by atoms with E-state index in [1.165, 1.54) is 30.3 Å². The predicted molar refractivity (Wildman–Crippen MR) is 126 cm³/mol. The molecule has 0 unspecified atom stereocenters. The van der Waals surface area contributed by atoms with Crippen LogP contribution in [0.2, 0.25) is 0 Å². The number of benzene rings is 2. The van der Waals surface area contributed by atoms with Gasteiger partial charge in [0.05, 0.1) is 28.0 Å². The van der Waals surface area contributed by atoms with Gasteiger partial charge in [-0.3, -0.25) is 29.4 Å². The van der Waals surface area contributed by atoms with Crippen LogP contribution < -0.4 is 10.2 Å². The van der Waals surface area contributed by atoms with Crippen LogP contribution in [0.15, 0.2) is 42.5 Å². The Kier molecular flexibility index (Phi) is 6.63. The summed E-state index contributed by atoms with van der Waals surface area (Å²) in [5, 5.41) is 13.5. The van der Waals surface area contributed by atoms with Crippen LogP contribution >= 0.6 is 0 Å². The van der Waals surface area contributed by atoms with Gasteiger partial charge in [-0.1, -0.05) is 19.1 Å². The number of hydrogen-bond donors (Lipinski definition) is 1. The number of amides is 3. The van der Waals surface area contributed by atoms with Gasteiger partial charge in [0.15, 0.2) is 6.61 Å². The number of nitro benzene ring substituents is 1. The normalized spacial score (nSPS) is 21.4. The highest BCUT2D eigenvalue weighted by atomic mass is 16.6. The molecule has 0 radical (unpaired) electrons. The van der Waals surface area contributed by atoms with Gasteiger partial charge in [0, 0.05) is 17.3 Å². The highest BCUT2D eigenvalue weighted by Crippen LogP contribution is 2.42. The number of carbonyl (C=O) groups is 4. The summed E-state index contributed by atoms with van der Waals surface area (Å²) in [5.41, 5.74) is 0.894. The highest BCUT2D eigenvalue weighted by molar-refractivity contribution is 6.22. The van der Waals surface area contributed by atoms with E-state index in [-0.39, 0.29) is 40.6 Å². The second-order valence-corrected chi connectivity index (χ2v) is 9.08.